The van der Waals surface area contributed by atoms with Crippen molar-refractivity contribution < 1.29 is 9.90 Å². The summed E-state index contributed by atoms with van der Waals surface area (Å²) < 4.78 is 1.68. The van der Waals surface area contributed by atoms with E-state index < -0.39 is 5.97 Å². The van der Waals surface area contributed by atoms with Crippen LogP contribution in [-0.4, -0.2) is 25.8 Å². The Labute approximate surface area is 98.7 Å². The number of carbonyl (C=O) groups is 1. The lowest BCUT2D eigenvalue weighted by molar-refractivity contribution is -0.137. The number of aromatic nitrogens is 3. The van der Waals surface area contributed by atoms with Crippen LogP contribution in [0.1, 0.15) is 18.4 Å². The molecule has 0 amide bonds. The molecule has 0 atom stereocenters. The zero-order chi connectivity index (χ0) is 12.1. The minimum absolute atomic E-state index is 0.213. The van der Waals surface area contributed by atoms with Crippen LogP contribution < -0.4 is 0 Å². The molecular formula is C12H13N3O2. The molecule has 17 heavy (non-hydrogen) atoms. The summed E-state index contributed by atoms with van der Waals surface area (Å²) in [5.41, 5.74) is 2.08. The Morgan fingerprint density at radius 2 is 2.06 bits per heavy atom. The minimum atomic E-state index is -0.746. The van der Waals surface area contributed by atoms with Gasteiger partial charge in [0.15, 0.2) is 0 Å². The van der Waals surface area contributed by atoms with Gasteiger partial charge in [0.2, 0.25) is 0 Å². The van der Waals surface area contributed by atoms with E-state index in [1.807, 2.05) is 24.3 Å². The summed E-state index contributed by atoms with van der Waals surface area (Å²) in [6, 6.07) is 7.87. The lowest BCUT2D eigenvalue weighted by Crippen LogP contribution is -1.97. The van der Waals surface area contributed by atoms with E-state index in [4.69, 9.17) is 5.11 Å². The van der Waals surface area contributed by atoms with Crippen molar-refractivity contribution in [3.05, 3.63) is 42.5 Å². The molecule has 1 aromatic heterocycles. The highest BCUT2D eigenvalue weighted by Crippen LogP contribution is 2.10. The number of aryl methyl sites for hydroxylation is 1. The first-order valence-corrected chi connectivity index (χ1v) is 5.41. The molecule has 0 saturated heterocycles. The Bertz CT molecular complexity index is 477. The fraction of sp³-hybridized carbons (Fsp3) is 0.250. The van der Waals surface area contributed by atoms with Crippen LogP contribution in [0, 0.1) is 0 Å². The van der Waals surface area contributed by atoms with Crippen LogP contribution in [0.2, 0.25) is 0 Å². The van der Waals surface area contributed by atoms with Gasteiger partial charge in [0.25, 0.3) is 0 Å². The highest BCUT2D eigenvalue weighted by Gasteiger charge is 2.00. The first-order chi connectivity index (χ1) is 8.25. The third-order valence-electron chi connectivity index (χ3n) is 2.48. The summed E-state index contributed by atoms with van der Waals surface area (Å²) in [7, 11) is 0. The van der Waals surface area contributed by atoms with E-state index in [-0.39, 0.29) is 6.42 Å². The first kappa shape index (κ1) is 11.3. The normalized spacial score (nSPS) is 10.4. The summed E-state index contributed by atoms with van der Waals surface area (Å²) in [5, 5.41) is 12.6. The fourth-order valence-electron chi connectivity index (χ4n) is 1.60. The second kappa shape index (κ2) is 5.25. The van der Waals surface area contributed by atoms with E-state index in [9.17, 15) is 4.79 Å². The van der Waals surface area contributed by atoms with Gasteiger partial charge in [-0.1, -0.05) is 12.1 Å². The predicted octanol–water partition coefficient (Wildman–Crippen LogP) is 1.67. The molecule has 0 bridgehead atoms. The Balaban J connectivity index is 1.96. The maximum absolute atomic E-state index is 10.4. The molecule has 0 aliphatic carbocycles. The van der Waals surface area contributed by atoms with E-state index in [1.54, 1.807) is 11.0 Å². The van der Waals surface area contributed by atoms with Gasteiger partial charge in [-0.3, -0.25) is 4.79 Å². The SMILES string of the molecule is O=C(O)CCCc1ccc(-n2cncn2)cc1. The average Bonchev–Trinajstić information content (AvgIpc) is 2.83. The Kier molecular flexibility index (Phi) is 3.49. The van der Waals surface area contributed by atoms with Gasteiger partial charge in [0.1, 0.15) is 12.7 Å². The Hall–Kier alpha value is -2.17. The van der Waals surface area contributed by atoms with Crippen molar-refractivity contribution in [2.75, 3.05) is 0 Å². The molecule has 0 unspecified atom stereocenters. The van der Waals surface area contributed by atoms with Gasteiger partial charge >= 0.3 is 5.97 Å². The topological polar surface area (TPSA) is 68.0 Å². The third kappa shape index (κ3) is 3.14. The zero-order valence-electron chi connectivity index (χ0n) is 9.28. The van der Waals surface area contributed by atoms with Crippen molar-refractivity contribution in [2.45, 2.75) is 19.3 Å². The molecule has 0 fully saturated rings. The second-order valence-corrected chi connectivity index (χ2v) is 3.75. The quantitative estimate of drug-likeness (QED) is 0.850. The lowest BCUT2D eigenvalue weighted by Gasteiger charge is -2.03. The standard InChI is InChI=1S/C12H13N3O2/c16-12(17)3-1-2-10-4-6-11(7-5-10)15-9-13-8-14-15/h4-9H,1-3H2,(H,16,17). The molecule has 2 aromatic rings. The van der Waals surface area contributed by atoms with Gasteiger partial charge in [0.05, 0.1) is 5.69 Å². The smallest absolute Gasteiger partial charge is 0.303 e. The van der Waals surface area contributed by atoms with Gasteiger partial charge in [-0.15, -0.1) is 0 Å². The number of carboxylic acids is 1. The first-order valence-electron chi connectivity index (χ1n) is 5.41. The summed E-state index contributed by atoms with van der Waals surface area (Å²) in [6.45, 7) is 0. The van der Waals surface area contributed by atoms with Gasteiger partial charge in [-0.25, -0.2) is 9.67 Å². The molecule has 0 spiro atoms. The van der Waals surface area contributed by atoms with E-state index >= 15 is 0 Å². The molecule has 1 aromatic carbocycles. The molecule has 1 heterocycles. The Morgan fingerprint density at radius 1 is 1.29 bits per heavy atom. The molecule has 5 heteroatoms. The van der Waals surface area contributed by atoms with Gasteiger partial charge < -0.3 is 5.11 Å². The fourth-order valence-corrected chi connectivity index (χ4v) is 1.60. The van der Waals surface area contributed by atoms with Crippen molar-refractivity contribution in [1.29, 1.82) is 0 Å². The maximum atomic E-state index is 10.4. The predicted molar refractivity (Wildman–Crippen MR) is 61.9 cm³/mol. The summed E-state index contributed by atoms with van der Waals surface area (Å²) in [4.78, 5) is 14.3. The van der Waals surface area contributed by atoms with Gasteiger partial charge in [0, 0.05) is 6.42 Å². The lowest BCUT2D eigenvalue weighted by atomic mass is 10.1. The average molecular weight is 231 g/mol. The van der Waals surface area contributed by atoms with Crippen molar-refractivity contribution >= 4 is 5.97 Å². The van der Waals surface area contributed by atoms with Crippen LogP contribution in [-0.2, 0) is 11.2 Å². The van der Waals surface area contributed by atoms with Crippen molar-refractivity contribution in [2.24, 2.45) is 0 Å². The number of aliphatic carboxylic acids is 1. The number of hydrogen-bond donors (Lipinski definition) is 1. The largest absolute Gasteiger partial charge is 0.481 e. The molecular weight excluding hydrogens is 218 g/mol. The van der Waals surface area contributed by atoms with Gasteiger partial charge in [-0.2, -0.15) is 5.10 Å². The minimum Gasteiger partial charge on any atom is -0.481 e. The van der Waals surface area contributed by atoms with Crippen LogP contribution in [0.25, 0.3) is 5.69 Å². The number of rotatable bonds is 5. The molecule has 0 saturated carbocycles. The molecule has 88 valence electrons. The highest BCUT2D eigenvalue weighted by molar-refractivity contribution is 5.66. The van der Waals surface area contributed by atoms with E-state index in [0.717, 1.165) is 17.7 Å². The monoisotopic (exact) mass is 231 g/mol. The third-order valence-corrected chi connectivity index (χ3v) is 2.48. The van der Waals surface area contributed by atoms with Crippen molar-refractivity contribution in [3.8, 4) is 5.69 Å². The molecule has 0 aliphatic heterocycles. The zero-order valence-corrected chi connectivity index (χ0v) is 9.28. The highest BCUT2D eigenvalue weighted by atomic mass is 16.4. The van der Waals surface area contributed by atoms with E-state index in [1.165, 1.54) is 6.33 Å². The van der Waals surface area contributed by atoms with Crippen LogP contribution in [0.4, 0.5) is 0 Å². The van der Waals surface area contributed by atoms with E-state index in [2.05, 4.69) is 10.1 Å². The van der Waals surface area contributed by atoms with Crippen molar-refractivity contribution in [3.63, 3.8) is 0 Å². The van der Waals surface area contributed by atoms with Crippen molar-refractivity contribution in [1.82, 2.24) is 14.8 Å². The number of hydrogen-bond acceptors (Lipinski definition) is 3. The molecule has 0 aliphatic rings. The molecule has 5 nitrogen and oxygen atoms in total. The number of nitrogens with zero attached hydrogens (tertiary/aromatic N) is 3. The second-order valence-electron chi connectivity index (χ2n) is 3.75. The molecule has 0 radical (unpaired) electrons. The summed E-state index contributed by atoms with van der Waals surface area (Å²) in [6.07, 6.45) is 4.78. The van der Waals surface area contributed by atoms with Crippen LogP contribution in [0.15, 0.2) is 36.9 Å². The Morgan fingerprint density at radius 3 is 2.65 bits per heavy atom. The maximum Gasteiger partial charge on any atom is 0.303 e. The summed E-state index contributed by atoms with van der Waals surface area (Å²) in [5.74, 6) is -0.746. The van der Waals surface area contributed by atoms with Crippen LogP contribution in [0.3, 0.4) is 0 Å². The number of benzene rings is 1. The molecule has 1 N–H and O–H groups in total. The molecule has 2 rings (SSSR count). The number of carboxylic acid groups (broad SMARTS) is 1. The van der Waals surface area contributed by atoms with Gasteiger partial charge in [-0.05, 0) is 30.5 Å². The van der Waals surface area contributed by atoms with Crippen LogP contribution in [0.5, 0.6) is 0 Å². The van der Waals surface area contributed by atoms with E-state index in [0.29, 0.717) is 6.42 Å². The summed E-state index contributed by atoms with van der Waals surface area (Å²) >= 11 is 0. The van der Waals surface area contributed by atoms with Crippen LogP contribution >= 0.6 is 0 Å².